The summed E-state index contributed by atoms with van der Waals surface area (Å²) in [5.41, 5.74) is -1.11. The lowest BCUT2D eigenvalue weighted by atomic mass is 10.1. The minimum Gasteiger partial charge on any atom is -0.319 e. The number of aryl methyl sites for hydroxylation is 1. The lowest BCUT2D eigenvalue weighted by Gasteiger charge is -2.14. The fraction of sp³-hybridized carbons (Fsp3) is 0.190. The first-order valence-electron chi connectivity index (χ1n) is 9.07. The molecule has 1 heterocycles. The van der Waals surface area contributed by atoms with Crippen LogP contribution in [0.15, 0.2) is 64.3 Å². The Morgan fingerprint density at radius 2 is 1.67 bits per heavy atom. The zero-order valence-corrected chi connectivity index (χ0v) is 16.5. The van der Waals surface area contributed by atoms with Gasteiger partial charge >= 0.3 is 5.69 Å². The number of rotatable bonds is 7. The van der Waals surface area contributed by atoms with Gasteiger partial charge in [-0.1, -0.05) is 36.4 Å². The third kappa shape index (κ3) is 4.83. The van der Waals surface area contributed by atoms with E-state index in [1.165, 1.54) is 6.07 Å². The molecule has 0 saturated heterocycles. The highest BCUT2D eigenvalue weighted by atomic mass is 35.5. The van der Waals surface area contributed by atoms with Crippen molar-refractivity contribution in [1.82, 2.24) is 9.13 Å². The highest BCUT2D eigenvalue weighted by molar-refractivity contribution is 6.29. The van der Waals surface area contributed by atoms with Gasteiger partial charge in [0.05, 0.1) is 6.54 Å². The highest BCUT2D eigenvalue weighted by Gasteiger charge is 2.16. The summed E-state index contributed by atoms with van der Waals surface area (Å²) in [6.45, 7) is -0.432. The molecule has 1 N–H and O–H groups in total. The second-order valence-electron chi connectivity index (χ2n) is 6.53. The molecule has 2 aromatic carbocycles. The van der Waals surface area contributed by atoms with Crippen molar-refractivity contribution < 1.29 is 13.6 Å². The summed E-state index contributed by atoms with van der Waals surface area (Å²) < 4.78 is 30.1. The maximum atomic E-state index is 14.1. The molecule has 0 fully saturated rings. The zero-order chi connectivity index (χ0) is 21.7. The predicted octanol–water partition coefficient (Wildman–Crippen LogP) is 2.76. The van der Waals surface area contributed by atoms with E-state index in [0.29, 0.717) is 6.42 Å². The number of benzene rings is 2. The largest absolute Gasteiger partial charge is 0.331 e. The van der Waals surface area contributed by atoms with Crippen molar-refractivity contribution in [3.8, 4) is 0 Å². The number of hydrogen-bond donors (Lipinski definition) is 1. The molecule has 1 amide bonds. The Balaban J connectivity index is 2.05. The molecule has 0 aliphatic carbocycles. The van der Waals surface area contributed by atoms with E-state index >= 15 is 0 Å². The molecule has 0 unspecified atom stereocenters. The van der Waals surface area contributed by atoms with Crippen molar-refractivity contribution >= 4 is 23.2 Å². The van der Waals surface area contributed by atoms with Crippen molar-refractivity contribution in [2.75, 3.05) is 11.2 Å². The number of alkyl halides is 1. The maximum Gasteiger partial charge on any atom is 0.331 e. The maximum absolute atomic E-state index is 14.1. The summed E-state index contributed by atoms with van der Waals surface area (Å²) in [4.78, 5) is 37.3. The van der Waals surface area contributed by atoms with Gasteiger partial charge in [0.15, 0.2) is 0 Å². The lowest BCUT2D eigenvalue weighted by Crippen LogP contribution is -2.42. The van der Waals surface area contributed by atoms with Gasteiger partial charge < -0.3 is 5.32 Å². The van der Waals surface area contributed by atoms with Crippen molar-refractivity contribution in [1.29, 1.82) is 0 Å². The number of amides is 1. The molecule has 0 atom stereocenters. The Morgan fingerprint density at radius 1 is 1.00 bits per heavy atom. The van der Waals surface area contributed by atoms with Crippen molar-refractivity contribution in [2.24, 2.45) is 0 Å². The molecule has 156 valence electrons. The van der Waals surface area contributed by atoms with Crippen molar-refractivity contribution in [3.05, 3.63) is 98.3 Å². The van der Waals surface area contributed by atoms with Gasteiger partial charge in [-0.2, -0.15) is 0 Å². The predicted molar refractivity (Wildman–Crippen MR) is 110 cm³/mol. The van der Waals surface area contributed by atoms with E-state index in [2.05, 4.69) is 5.32 Å². The average molecular weight is 434 g/mol. The van der Waals surface area contributed by atoms with Crippen LogP contribution in [0.5, 0.6) is 0 Å². The number of nitrogens with zero attached hydrogens (tertiary/aromatic N) is 2. The molecule has 0 aliphatic rings. The molecule has 3 rings (SSSR count). The molecule has 6 nitrogen and oxygen atoms in total. The van der Waals surface area contributed by atoms with E-state index in [1.807, 2.05) is 30.3 Å². The molecule has 0 aliphatic heterocycles. The smallest absolute Gasteiger partial charge is 0.319 e. The number of carbonyl (C=O) groups excluding carboxylic acids is 1. The number of hydrogen-bond acceptors (Lipinski definition) is 3. The number of nitrogens with one attached hydrogen (secondary N) is 1. The first-order chi connectivity index (χ1) is 14.4. The van der Waals surface area contributed by atoms with Gasteiger partial charge in [0.25, 0.3) is 5.56 Å². The average Bonchev–Trinajstić information content (AvgIpc) is 2.74. The van der Waals surface area contributed by atoms with Gasteiger partial charge in [-0.25, -0.2) is 13.6 Å². The molecule has 3 aromatic rings. The number of halogens is 3. The summed E-state index contributed by atoms with van der Waals surface area (Å²) in [5, 5.41) is 2.33. The van der Waals surface area contributed by atoms with Crippen LogP contribution >= 0.6 is 11.6 Å². The van der Waals surface area contributed by atoms with Crippen LogP contribution < -0.4 is 16.6 Å². The van der Waals surface area contributed by atoms with E-state index in [4.69, 9.17) is 11.6 Å². The van der Waals surface area contributed by atoms with E-state index in [-0.39, 0.29) is 17.8 Å². The molecule has 0 saturated carbocycles. The summed E-state index contributed by atoms with van der Waals surface area (Å²) in [6, 6.07) is 12.5. The molecule has 9 heteroatoms. The van der Waals surface area contributed by atoms with Crippen LogP contribution in [0.2, 0.25) is 0 Å². The Bertz CT molecular complexity index is 1160. The third-order valence-electron chi connectivity index (χ3n) is 4.49. The van der Waals surface area contributed by atoms with Crippen LogP contribution in [0.25, 0.3) is 0 Å². The van der Waals surface area contributed by atoms with Crippen LogP contribution in [0.3, 0.4) is 0 Å². The summed E-state index contributed by atoms with van der Waals surface area (Å²) in [6.07, 6.45) is 1.44. The van der Waals surface area contributed by atoms with Crippen LogP contribution in [0.4, 0.5) is 14.5 Å². The molecule has 0 radical (unpaired) electrons. The fourth-order valence-electron chi connectivity index (χ4n) is 2.97. The first-order valence-corrected chi connectivity index (χ1v) is 9.61. The molecule has 0 bridgehead atoms. The van der Waals surface area contributed by atoms with Crippen LogP contribution in [0, 0.1) is 11.6 Å². The quantitative estimate of drug-likeness (QED) is 0.582. The van der Waals surface area contributed by atoms with Crippen molar-refractivity contribution in [2.45, 2.75) is 19.5 Å². The SMILES string of the molecule is O=C(CCl)Nc1cn(Cc2c(F)cccc2F)c(=O)n(CCc2ccccc2)c1=O. The molecular weight excluding hydrogens is 416 g/mol. The Morgan fingerprint density at radius 3 is 2.30 bits per heavy atom. The third-order valence-corrected chi connectivity index (χ3v) is 4.73. The van der Waals surface area contributed by atoms with E-state index in [0.717, 1.165) is 33.0 Å². The van der Waals surface area contributed by atoms with Crippen LogP contribution in [-0.4, -0.2) is 20.9 Å². The Hall–Kier alpha value is -3.26. The first kappa shape index (κ1) is 21.4. The molecular formula is C21H18ClF2N3O3. The van der Waals surface area contributed by atoms with Gasteiger partial charge in [0, 0.05) is 18.3 Å². The normalized spacial score (nSPS) is 10.8. The molecule has 0 spiro atoms. The summed E-state index contributed by atoms with van der Waals surface area (Å²) >= 11 is 5.49. The Labute approximate surface area is 175 Å². The standard InChI is InChI=1S/C21H18ClF2N3O3/c22-11-19(28)25-18-13-26(12-15-16(23)7-4-8-17(15)24)21(30)27(20(18)29)10-9-14-5-2-1-3-6-14/h1-8,13H,9-12H2,(H,25,28). The van der Waals surface area contributed by atoms with Crippen molar-refractivity contribution in [3.63, 3.8) is 0 Å². The minimum atomic E-state index is -0.824. The van der Waals surface area contributed by atoms with Gasteiger partial charge in [0.1, 0.15) is 23.2 Å². The van der Waals surface area contributed by atoms with Crippen LogP contribution in [-0.2, 0) is 24.3 Å². The topological polar surface area (TPSA) is 73.1 Å². The zero-order valence-electron chi connectivity index (χ0n) is 15.8. The second kappa shape index (κ2) is 9.49. The number of anilines is 1. The second-order valence-corrected chi connectivity index (χ2v) is 6.79. The minimum absolute atomic E-state index is 0.0199. The van der Waals surface area contributed by atoms with Gasteiger partial charge in [0.2, 0.25) is 5.91 Å². The van der Waals surface area contributed by atoms with Crippen LogP contribution in [0.1, 0.15) is 11.1 Å². The lowest BCUT2D eigenvalue weighted by molar-refractivity contribution is -0.113. The molecule has 30 heavy (non-hydrogen) atoms. The highest BCUT2D eigenvalue weighted by Crippen LogP contribution is 2.13. The van der Waals surface area contributed by atoms with E-state index in [1.54, 1.807) is 0 Å². The fourth-order valence-corrected chi connectivity index (χ4v) is 3.04. The number of aromatic nitrogens is 2. The van der Waals surface area contributed by atoms with Gasteiger partial charge in [-0.15, -0.1) is 11.6 Å². The molecule has 1 aromatic heterocycles. The van der Waals surface area contributed by atoms with E-state index < -0.39 is 41.2 Å². The van der Waals surface area contributed by atoms with Gasteiger partial charge in [-0.05, 0) is 24.1 Å². The van der Waals surface area contributed by atoms with E-state index in [9.17, 15) is 23.2 Å². The van der Waals surface area contributed by atoms with Gasteiger partial charge in [-0.3, -0.25) is 18.7 Å². The Kier molecular flexibility index (Phi) is 6.79. The monoisotopic (exact) mass is 433 g/mol. The summed E-state index contributed by atoms with van der Waals surface area (Å²) in [5.74, 6) is -2.69. The number of carbonyl (C=O) groups is 1. The summed E-state index contributed by atoms with van der Waals surface area (Å²) in [7, 11) is 0.